The summed E-state index contributed by atoms with van der Waals surface area (Å²) in [6.07, 6.45) is 0.910. The first-order valence-corrected chi connectivity index (χ1v) is 41.3. The first-order valence-electron chi connectivity index (χ1n) is 41.3. The van der Waals surface area contributed by atoms with Crippen molar-refractivity contribution in [1.29, 1.82) is 0 Å². The molecule has 17 aliphatic rings. The summed E-state index contributed by atoms with van der Waals surface area (Å²) in [4.78, 5) is 11.4. The summed E-state index contributed by atoms with van der Waals surface area (Å²) in [5.41, 5.74) is 0. The summed E-state index contributed by atoms with van der Waals surface area (Å²) in [6.45, 7) is 51.7. The molecule has 17 rings (SSSR count). The number of hydrogen-bond acceptors (Lipinski definition) is 33. The molecule has 0 aromatic rings. The van der Waals surface area contributed by atoms with Crippen molar-refractivity contribution in [1.82, 2.24) is 0 Å². The van der Waals surface area contributed by atoms with Crippen molar-refractivity contribution >= 4 is 6.29 Å². The molecule has 17 heterocycles. The third kappa shape index (κ3) is 21.0. The van der Waals surface area contributed by atoms with Gasteiger partial charge in [0.15, 0.2) is 101 Å². The van der Waals surface area contributed by atoms with Gasteiger partial charge in [0.25, 0.3) is 0 Å². The minimum atomic E-state index is -0.868. The molecule has 658 valence electrons. The fraction of sp³-hybridized carbons (Fsp3) is 0.963. The zero-order valence-corrected chi connectivity index (χ0v) is 71.5. The van der Waals surface area contributed by atoms with Gasteiger partial charge in [-0.25, -0.2) is 0 Å². The molecule has 30 atom stereocenters. The summed E-state index contributed by atoms with van der Waals surface area (Å²) >= 11 is 0. The van der Waals surface area contributed by atoms with Crippen LogP contribution in [0.25, 0.3) is 0 Å². The summed E-state index contributed by atoms with van der Waals surface area (Å²) in [7, 11) is 0. The van der Waals surface area contributed by atoms with Gasteiger partial charge in [0.05, 0.1) is 82.7 Å². The van der Waals surface area contributed by atoms with E-state index in [1.54, 1.807) is 0 Å². The van der Waals surface area contributed by atoms with Crippen molar-refractivity contribution in [3.8, 4) is 0 Å². The Labute approximate surface area is 672 Å². The molecule has 0 bridgehead atoms. The second kappa shape index (κ2) is 34.7. The Hall–Kier alpha value is -1.87. The standard InChI is InChI=1S/C15H26O5.C14H24O6.C14H22O5.C13H22O6.C13H20O6.C12H22O5/c1-6-7-9-11(10-8-16-14(2,3)18-10)17-13-12(9)19-15(4,5)20-13;1-13(2)16-7-9(18-13)10-8(5-6-15)11-12(17-10)20-14(3,4)19-11;1-6-8-10(9-7-15-13(2,3)17-9)16-12-11(8)18-14(4,5)19-12;2*1-12(2)15-6-8(17-12)9-7(5-14)10-11(16-9)19-13(3,4)18-10;1-4-5-7-9(8(14)6-13)15-11-10(7)16-12(2,3)17-11/h9-13H,6-8H2,1-5H3;8-12,15H,5-7H2,1-4H3;6,8-12H,1,7H2,2-5H3;7-11,14H,5-6H2,1-4H3;5,7-11H,6H2,1-4H3;7-11,13-14H,4-6H2,1-3H3/t9-,10?,11+,12-,13-;2*8-,9?,10+,11-,12-;3*7-,8?,9+,10-,11-/m111111/s1. The molecule has 17 saturated heterocycles. The predicted octanol–water partition coefficient (Wildman–Crippen LogP) is 7.34. The van der Waals surface area contributed by atoms with Crippen LogP contribution in [0.15, 0.2) is 12.7 Å². The molecular weight excluding hydrogens is 1500 g/mol. The van der Waals surface area contributed by atoms with Gasteiger partial charge in [-0.3, -0.25) is 0 Å². The molecule has 0 spiro atoms. The van der Waals surface area contributed by atoms with Crippen molar-refractivity contribution in [2.45, 2.75) is 410 Å². The summed E-state index contributed by atoms with van der Waals surface area (Å²) < 4.78 is 162. The Morgan fingerprint density at radius 2 is 0.579 bits per heavy atom. The summed E-state index contributed by atoms with van der Waals surface area (Å²) in [5.74, 6) is -6.79. The molecule has 0 radical (unpaired) electrons. The molecule has 17 fully saturated rings. The quantitative estimate of drug-likeness (QED) is 0.0866. The lowest BCUT2D eigenvalue weighted by atomic mass is 9.90. The zero-order chi connectivity index (χ0) is 83.2. The normalized spacial score (nSPS) is 45.9. The third-order valence-electron chi connectivity index (χ3n) is 23.1. The summed E-state index contributed by atoms with van der Waals surface area (Å²) in [5, 5.41) is 37.7. The van der Waals surface area contributed by atoms with Crippen LogP contribution in [0.3, 0.4) is 0 Å². The molecule has 0 aromatic carbocycles. The molecule has 6 unspecified atom stereocenters. The molecular formula is C81H136O33. The Morgan fingerprint density at radius 1 is 0.316 bits per heavy atom. The highest BCUT2D eigenvalue weighted by Gasteiger charge is 2.64. The zero-order valence-electron chi connectivity index (χ0n) is 71.5. The molecule has 33 heteroatoms. The van der Waals surface area contributed by atoms with E-state index in [0.717, 1.165) is 32.0 Å². The van der Waals surface area contributed by atoms with Gasteiger partial charge < -0.3 is 158 Å². The van der Waals surface area contributed by atoms with E-state index in [-0.39, 0.29) is 160 Å². The highest BCUT2D eigenvalue weighted by Crippen LogP contribution is 2.51. The lowest BCUT2D eigenvalue weighted by Gasteiger charge is -2.28. The molecule has 0 amide bonds. The number of aldehydes is 1. The maximum absolute atomic E-state index is 11.4. The first-order chi connectivity index (χ1) is 53.0. The lowest BCUT2D eigenvalue weighted by Crippen LogP contribution is -2.40. The minimum Gasteiger partial charge on any atom is -0.396 e. The highest BCUT2D eigenvalue weighted by atomic mass is 16.9. The highest BCUT2D eigenvalue weighted by molar-refractivity contribution is 5.57. The summed E-state index contributed by atoms with van der Waals surface area (Å²) in [6, 6.07) is 0. The van der Waals surface area contributed by atoms with Gasteiger partial charge in [-0.1, -0.05) is 32.8 Å². The molecule has 0 aliphatic carbocycles. The van der Waals surface area contributed by atoms with Crippen LogP contribution in [0, 0.1) is 35.5 Å². The number of rotatable bonds is 16. The van der Waals surface area contributed by atoms with E-state index in [2.05, 4.69) is 20.4 Å². The smallest absolute Gasteiger partial charge is 0.188 e. The number of hydrogen-bond donors (Lipinski definition) is 4. The van der Waals surface area contributed by atoms with Crippen molar-refractivity contribution in [2.75, 3.05) is 52.9 Å². The molecule has 17 aliphatic heterocycles. The first kappa shape index (κ1) is 91.3. The number of aliphatic hydroxyl groups is 4. The van der Waals surface area contributed by atoms with E-state index in [9.17, 15) is 20.1 Å². The average Bonchev–Trinajstić information content (AvgIpc) is 1.61. The fourth-order valence-corrected chi connectivity index (χ4v) is 18.6. The Bertz CT molecular complexity index is 3020. The molecule has 33 nitrogen and oxygen atoms in total. The molecule has 4 N–H and O–H groups in total. The lowest BCUT2D eigenvalue weighted by molar-refractivity contribution is -0.228. The van der Waals surface area contributed by atoms with E-state index in [1.165, 1.54) is 0 Å². The topological polar surface area (TPSA) is 356 Å². The third-order valence-corrected chi connectivity index (χ3v) is 23.1. The maximum atomic E-state index is 11.4. The number of carbonyl (C=O) groups is 1. The van der Waals surface area contributed by atoms with E-state index >= 15 is 0 Å². The predicted molar refractivity (Wildman–Crippen MR) is 396 cm³/mol. The number of carbonyl (C=O) groups excluding carboxylic acids is 1. The monoisotopic (exact) mass is 1640 g/mol. The second-order valence-electron chi connectivity index (χ2n) is 37.5. The van der Waals surface area contributed by atoms with Gasteiger partial charge in [0, 0.05) is 36.2 Å². The Balaban J connectivity index is 0.000000127. The van der Waals surface area contributed by atoms with Crippen LogP contribution >= 0.6 is 0 Å². The van der Waals surface area contributed by atoms with Crippen LogP contribution in [0.4, 0.5) is 0 Å². The van der Waals surface area contributed by atoms with E-state index in [1.807, 2.05) is 158 Å². The fourth-order valence-electron chi connectivity index (χ4n) is 18.6. The minimum absolute atomic E-state index is 0.00209. The van der Waals surface area contributed by atoms with E-state index in [0.29, 0.717) is 45.4 Å². The van der Waals surface area contributed by atoms with Gasteiger partial charge in [-0.2, -0.15) is 0 Å². The largest absolute Gasteiger partial charge is 0.396 e. The Kier molecular flexibility index (Phi) is 27.8. The van der Waals surface area contributed by atoms with Crippen molar-refractivity contribution in [3.05, 3.63) is 12.7 Å². The number of ether oxygens (including phenoxy) is 28. The van der Waals surface area contributed by atoms with Crippen LogP contribution in [-0.2, 0) is 137 Å². The Morgan fingerprint density at radius 3 is 0.877 bits per heavy atom. The number of fused-ring (bicyclic) bond motifs is 6. The van der Waals surface area contributed by atoms with Gasteiger partial charge in [-0.15, -0.1) is 6.58 Å². The molecule has 0 aromatic heterocycles. The maximum Gasteiger partial charge on any atom is 0.188 e. The van der Waals surface area contributed by atoms with Crippen LogP contribution in [-0.4, -0.2) is 291 Å². The average molecular weight is 1640 g/mol. The van der Waals surface area contributed by atoms with Gasteiger partial charge in [-0.05, 0) is 172 Å². The van der Waals surface area contributed by atoms with Crippen LogP contribution in [0.1, 0.15) is 198 Å². The van der Waals surface area contributed by atoms with Crippen molar-refractivity contribution < 1.29 is 158 Å². The molecule has 114 heavy (non-hydrogen) atoms. The van der Waals surface area contributed by atoms with Gasteiger partial charge >= 0.3 is 0 Å². The van der Waals surface area contributed by atoms with Gasteiger partial charge in [0.1, 0.15) is 85.6 Å². The SMILES string of the molecule is C=C[C@H]1[C@H]2OC(C)(C)O[C@H]2O[C@@H]1C1COC(C)(C)O1.CC1(C)OCC([C@H]2O[C@@H]3OC(C)(C)O[C@@H]3[C@@H]2C=O)O1.CC1(C)OCC([C@H]2O[C@@H]3OC(C)(C)O[C@@H]3[C@@H]2CCO)O1.CC1(C)OCC([C@H]2O[C@@H]3OC(C)(C)O[C@@H]3[C@@H]2CO)O1.CCC[C@H]1[C@H]2OC(C)(C)O[C@H]2O[C@@H]1C(O)CO.CCC[C@H]1[C@H]2OC(C)(C)O[C@H]2O[C@@H]1C1COC(C)(C)O1. The van der Waals surface area contributed by atoms with Crippen LogP contribution in [0.2, 0.25) is 0 Å². The van der Waals surface area contributed by atoms with E-state index < -0.39 is 101 Å². The van der Waals surface area contributed by atoms with Crippen molar-refractivity contribution in [2.24, 2.45) is 35.5 Å². The van der Waals surface area contributed by atoms with Crippen LogP contribution < -0.4 is 0 Å². The molecule has 0 saturated carbocycles. The second-order valence-corrected chi connectivity index (χ2v) is 37.5. The van der Waals surface area contributed by atoms with Gasteiger partial charge in [0.2, 0.25) is 0 Å². The van der Waals surface area contributed by atoms with E-state index in [4.69, 9.17) is 138 Å². The number of aliphatic hydroxyl groups excluding tert-OH is 4. The van der Waals surface area contributed by atoms with Crippen molar-refractivity contribution in [3.63, 3.8) is 0 Å². The van der Waals surface area contributed by atoms with Crippen LogP contribution in [0.5, 0.6) is 0 Å².